The van der Waals surface area contributed by atoms with Gasteiger partial charge in [-0.05, 0) is 24.3 Å². The van der Waals surface area contributed by atoms with Gasteiger partial charge in [0.25, 0.3) is 0 Å². The molecular weight excluding hydrogens is 386 g/mol. The highest BCUT2D eigenvalue weighted by atomic mass is 35.5. The molecule has 29 heavy (non-hydrogen) atoms. The summed E-state index contributed by atoms with van der Waals surface area (Å²) in [4.78, 5) is 19.8. The molecule has 0 radical (unpaired) electrons. The van der Waals surface area contributed by atoms with E-state index in [0.717, 1.165) is 25.5 Å². The maximum atomic E-state index is 13.1. The van der Waals surface area contributed by atoms with Gasteiger partial charge in [0, 0.05) is 39.1 Å². The Balaban J connectivity index is 0.00000240. The molecule has 2 unspecified atom stereocenters. The van der Waals surface area contributed by atoms with Crippen molar-refractivity contribution in [2.75, 3.05) is 26.2 Å². The number of benzene rings is 1. The van der Waals surface area contributed by atoms with Crippen molar-refractivity contribution in [1.82, 2.24) is 25.1 Å². The number of hydrogen-bond donors (Lipinski definition) is 2. The molecule has 1 saturated heterocycles. The lowest BCUT2D eigenvalue weighted by atomic mass is 9.91. The van der Waals surface area contributed by atoms with Crippen molar-refractivity contribution in [3.63, 3.8) is 0 Å². The first-order valence-electron chi connectivity index (χ1n) is 10.5. The van der Waals surface area contributed by atoms with E-state index in [9.17, 15) is 4.79 Å². The van der Waals surface area contributed by atoms with Gasteiger partial charge in [0.15, 0.2) is 0 Å². The van der Waals surface area contributed by atoms with E-state index in [0.29, 0.717) is 12.5 Å². The molecule has 7 heteroatoms. The van der Waals surface area contributed by atoms with Gasteiger partial charge in [0.05, 0.1) is 18.6 Å². The monoisotopic (exact) mass is 417 g/mol. The molecule has 2 heterocycles. The molecule has 2 aliphatic rings. The third-order valence-corrected chi connectivity index (χ3v) is 6.20. The zero-order valence-electron chi connectivity index (χ0n) is 17.1. The Hall–Kier alpha value is -1.89. The molecule has 1 aromatic carbocycles. The highest BCUT2D eigenvalue weighted by Crippen LogP contribution is 2.35. The van der Waals surface area contributed by atoms with E-state index in [-0.39, 0.29) is 30.4 Å². The molecule has 2 N–H and O–H groups in total. The lowest BCUT2D eigenvalue weighted by Crippen LogP contribution is -2.50. The smallest absolute Gasteiger partial charge is 0.234 e. The molecule has 2 atom stereocenters. The molecule has 1 aliphatic carbocycles. The second kappa shape index (κ2) is 10.2. The summed E-state index contributed by atoms with van der Waals surface area (Å²) in [5.41, 5.74) is 1.23. The van der Waals surface area contributed by atoms with E-state index < -0.39 is 0 Å². The van der Waals surface area contributed by atoms with Gasteiger partial charge < -0.3 is 15.2 Å². The van der Waals surface area contributed by atoms with Crippen LogP contribution in [0.25, 0.3) is 0 Å². The van der Waals surface area contributed by atoms with Crippen molar-refractivity contribution < 1.29 is 4.79 Å². The average molecular weight is 418 g/mol. The van der Waals surface area contributed by atoms with Gasteiger partial charge in [0.1, 0.15) is 5.82 Å². The van der Waals surface area contributed by atoms with Gasteiger partial charge in [-0.15, -0.1) is 12.4 Å². The van der Waals surface area contributed by atoms with Gasteiger partial charge in [-0.1, -0.05) is 43.2 Å². The van der Waals surface area contributed by atoms with Crippen LogP contribution in [-0.4, -0.2) is 46.5 Å². The molecule has 1 amide bonds. The van der Waals surface area contributed by atoms with Gasteiger partial charge in [-0.2, -0.15) is 0 Å². The minimum absolute atomic E-state index is 0. The second-order valence-corrected chi connectivity index (χ2v) is 8.09. The summed E-state index contributed by atoms with van der Waals surface area (Å²) in [7, 11) is 2.01. The van der Waals surface area contributed by atoms with Crippen LogP contribution in [0, 0.1) is 5.92 Å². The fourth-order valence-electron chi connectivity index (χ4n) is 4.72. The first kappa shape index (κ1) is 21.8. The Bertz CT molecular complexity index is 775. The van der Waals surface area contributed by atoms with Crippen molar-refractivity contribution >= 4 is 18.3 Å². The molecule has 0 spiro atoms. The van der Waals surface area contributed by atoms with Crippen LogP contribution in [0.15, 0.2) is 42.7 Å². The first-order chi connectivity index (χ1) is 13.7. The zero-order chi connectivity index (χ0) is 19.3. The summed E-state index contributed by atoms with van der Waals surface area (Å²) in [5.74, 6) is 1.66. The van der Waals surface area contributed by atoms with Crippen molar-refractivity contribution in [2.24, 2.45) is 13.0 Å². The second-order valence-electron chi connectivity index (χ2n) is 8.09. The molecule has 2 fully saturated rings. The zero-order valence-corrected chi connectivity index (χ0v) is 17.9. The summed E-state index contributed by atoms with van der Waals surface area (Å²) in [6.45, 7) is 2.99. The standard InChI is InChI=1S/C22H31N5O.ClH/c1-26-13-12-24-22(26)19-15-23-11-14-27(19)16-20(28)25-21(18-9-5-6-10-18)17-7-3-2-4-8-17;/h2-4,7-8,12-13,18-19,21,23H,5-6,9-11,14-16H2,1H3,(H,25,28);1H. The van der Waals surface area contributed by atoms with Gasteiger partial charge in [0.2, 0.25) is 5.91 Å². The number of piperazine rings is 1. The molecule has 6 nitrogen and oxygen atoms in total. The Labute approximate surface area is 179 Å². The predicted molar refractivity (Wildman–Crippen MR) is 117 cm³/mol. The number of imidazole rings is 1. The van der Waals surface area contributed by atoms with E-state index in [2.05, 4.69) is 44.8 Å². The average Bonchev–Trinajstić information content (AvgIpc) is 3.39. The minimum atomic E-state index is 0. The fraction of sp³-hybridized carbons (Fsp3) is 0.545. The maximum absolute atomic E-state index is 13.1. The van der Waals surface area contributed by atoms with E-state index in [1.807, 2.05) is 30.1 Å². The molecule has 1 saturated carbocycles. The van der Waals surface area contributed by atoms with Crippen LogP contribution in [0.2, 0.25) is 0 Å². The van der Waals surface area contributed by atoms with Crippen molar-refractivity contribution in [2.45, 2.75) is 37.8 Å². The van der Waals surface area contributed by atoms with Crippen LogP contribution in [0.4, 0.5) is 0 Å². The Morgan fingerprint density at radius 2 is 2.03 bits per heavy atom. The summed E-state index contributed by atoms with van der Waals surface area (Å²) >= 11 is 0. The van der Waals surface area contributed by atoms with Gasteiger partial charge in [-0.25, -0.2) is 4.98 Å². The number of carbonyl (C=O) groups excluding carboxylic acids is 1. The number of nitrogens with zero attached hydrogens (tertiary/aromatic N) is 3. The molecule has 1 aromatic heterocycles. The summed E-state index contributed by atoms with van der Waals surface area (Å²) < 4.78 is 2.05. The highest BCUT2D eigenvalue weighted by Gasteiger charge is 2.31. The fourth-order valence-corrected chi connectivity index (χ4v) is 4.72. The van der Waals surface area contributed by atoms with Crippen LogP contribution < -0.4 is 10.6 Å². The quantitative estimate of drug-likeness (QED) is 0.758. The SMILES string of the molecule is Cl.Cn1ccnc1C1CNCCN1CC(=O)NC(c1ccccc1)C1CCCC1. The molecule has 2 aromatic rings. The third-order valence-electron chi connectivity index (χ3n) is 6.20. The number of amides is 1. The molecule has 0 bridgehead atoms. The summed E-state index contributed by atoms with van der Waals surface area (Å²) in [5, 5.41) is 6.81. The third kappa shape index (κ3) is 5.18. The van der Waals surface area contributed by atoms with Crippen LogP contribution in [-0.2, 0) is 11.8 Å². The number of carbonyl (C=O) groups is 1. The van der Waals surface area contributed by atoms with Crippen LogP contribution in [0.3, 0.4) is 0 Å². The predicted octanol–water partition coefficient (Wildman–Crippen LogP) is 2.84. The number of aromatic nitrogens is 2. The number of halogens is 1. The molecular formula is C22H32ClN5O. The van der Waals surface area contributed by atoms with E-state index >= 15 is 0 Å². The molecule has 158 valence electrons. The first-order valence-corrected chi connectivity index (χ1v) is 10.5. The van der Waals surface area contributed by atoms with Crippen molar-refractivity contribution in [3.8, 4) is 0 Å². The normalized spacial score (nSPS) is 21.5. The maximum Gasteiger partial charge on any atom is 0.234 e. The van der Waals surface area contributed by atoms with Crippen LogP contribution in [0.5, 0.6) is 0 Å². The minimum Gasteiger partial charge on any atom is -0.348 e. The largest absolute Gasteiger partial charge is 0.348 e. The van der Waals surface area contributed by atoms with E-state index in [1.165, 1.54) is 31.2 Å². The number of rotatable bonds is 6. The lowest BCUT2D eigenvalue weighted by molar-refractivity contribution is -0.124. The van der Waals surface area contributed by atoms with Gasteiger partial charge >= 0.3 is 0 Å². The van der Waals surface area contributed by atoms with Crippen LogP contribution in [0.1, 0.15) is 49.2 Å². The Morgan fingerprint density at radius 3 is 2.72 bits per heavy atom. The van der Waals surface area contributed by atoms with Crippen molar-refractivity contribution in [1.29, 1.82) is 0 Å². The van der Waals surface area contributed by atoms with Gasteiger partial charge in [-0.3, -0.25) is 9.69 Å². The number of hydrogen-bond acceptors (Lipinski definition) is 4. The van der Waals surface area contributed by atoms with Crippen molar-refractivity contribution in [3.05, 3.63) is 54.1 Å². The lowest BCUT2D eigenvalue weighted by Gasteiger charge is -2.35. The van der Waals surface area contributed by atoms with E-state index in [4.69, 9.17) is 0 Å². The topological polar surface area (TPSA) is 62.2 Å². The number of aryl methyl sites for hydroxylation is 1. The Morgan fingerprint density at radius 1 is 1.28 bits per heavy atom. The molecule has 1 aliphatic heterocycles. The highest BCUT2D eigenvalue weighted by molar-refractivity contribution is 5.85. The molecule has 4 rings (SSSR count). The summed E-state index contributed by atoms with van der Waals surface area (Å²) in [6.07, 6.45) is 8.72. The number of nitrogens with one attached hydrogen (secondary N) is 2. The Kier molecular flexibility index (Phi) is 7.70. The van der Waals surface area contributed by atoms with E-state index in [1.54, 1.807) is 0 Å². The summed E-state index contributed by atoms with van der Waals surface area (Å²) in [6, 6.07) is 10.7. The van der Waals surface area contributed by atoms with Crippen LogP contribution >= 0.6 is 12.4 Å².